The smallest absolute Gasteiger partial charge is 0.126 e. The summed E-state index contributed by atoms with van der Waals surface area (Å²) in [6.45, 7) is 0.783. The maximum atomic E-state index is 9.89. The molecule has 15 heavy (non-hydrogen) atoms. The SMILES string of the molecule is Oc1cccc2c1C1CC=CCC1CO2. The Morgan fingerprint density at radius 3 is 3.00 bits per heavy atom. The Morgan fingerprint density at radius 2 is 2.07 bits per heavy atom. The van der Waals surface area contributed by atoms with Gasteiger partial charge in [0.1, 0.15) is 11.5 Å². The van der Waals surface area contributed by atoms with E-state index in [0.29, 0.717) is 17.6 Å². The molecule has 1 aromatic rings. The summed E-state index contributed by atoms with van der Waals surface area (Å²) in [4.78, 5) is 0. The number of benzene rings is 1. The largest absolute Gasteiger partial charge is 0.508 e. The quantitative estimate of drug-likeness (QED) is 0.655. The lowest BCUT2D eigenvalue weighted by atomic mass is 9.77. The monoisotopic (exact) mass is 202 g/mol. The highest BCUT2D eigenvalue weighted by Crippen LogP contribution is 2.46. The predicted octanol–water partition coefficient (Wildman–Crippen LogP) is 2.83. The van der Waals surface area contributed by atoms with Crippen molar-refractivity contribution in [3.8, 4) is 11.5 Å². The minimum absolute atomic E-state index is 0.387. The number of fused-ring (bicyclic) bond motifs is 3. The molecule has 0 saturated heterocycles. The van der Waals surface area contributed by atoms with Crippen LogP contribution in [0.5, 0.6) is 11.5 Å². The van der Waals surface area contributed by atoms with E-state index in [1.54, 1.807) is 6.07 Å². The average molecular weight is 202 g/mol. The lowest BCUT2D eigenvalue weighted by molar-refractivity contribution is 0.186. The molecule has 1 heterocycles. The Balaban J connectivity index is 2.09. The van der Waals surface area contributed by atoms with Gasteiger partial charge in [-0.3, -0.25) is 0 Å². The van der Waals surface area contributed by atoms with Gasteiger partial charge in [-0.25, -0.2) is 0 Å². The van der Waals surface area contributed by atoms with Crippen molar-refractivity contribution >= 4 is 0 Å². The van der Waals surface area contributed by atoms with Crippen LogP contribution >= 0.6 is 0 Å². The van der Waals surface area contributed by atoms with Crippen molar-refractivity contribution in [2.75, 3.05) is 6.61 Å². The standard InChI is InChI=1S/C13H14O2/c14-11-6-3-7-12-13(11)10-5-2-1-4-9(10)8-15-12/h1-3,6-7,9-10,14H,4-5,8H2. The Morgan fingerprint density at radius 1 is 1.20 bits per heavy atom. The molecule has 0 radical (unpaired) electrons. The van der Waals surface area contributed by atoms with Crippen LogP contribution in [-0.2, 0) is 0 Å². The summed E-state index contributed by atoms with van der Waals surface area (Å²) < 4.78 is 5.68. The third-order valence-electron chi connectivity index (χ3n) is 3.43. The van der Waals surface area contributed by atoms with Crippen LogP contribution < -0.4 is 4.74 Å². The fourth-order valence-electron chi connectivity index (χ4n) is 2.64. The highest BCUT2D eigenvalue weighted by atomic mass is 16.5. The minimum atomic E-state index is 0.387. The maximum absolute atomic E-state index is 9.89. The van der Waals surface area contributed by atoms with Crippen LogP contribution in [0.3, 0.4) is 0 Å². The summed E-state index contributed by atoms with van der Waals surface area (Å²) in [6.07, 6.45) is 6.52. The molecule has 0 amide bonds. The number of hydrogen-bond donors (Lipinski definition) is 1. The Hall–Kier alpha value is -1.44. The van der Waals surface area contributed by atoms with Gasteiger partial charge in [-0.2, -0.15) is 0 Å². The number of hydrogen-bond acceptors (Lipinski definition) is 2. The highest BCUT2D eigenvalue weighted by Gasteiger charge is 2.32. The molecule has 1 aliphatic heterocycles. The van der Waals surface area contributed by atoms with Gasteiger partial charge in [-0.05, 0) is 25.0 Å². The summed E-state index contributed by atoms with van der Waals surface area (Å²) in [5, 5.41) is 9.89. The van der Waals surface area contributed by atoms with Crippen LogP contribution in [0.15, 0.2) is 30.4 Å². The van der Waals surface area contributed by atoms with Gasteiger partial charge < -0.3 is 9.84 Å². The van der Waals surface area contributed by atoms with Crippen molar-refractivity contribution in [3.63, 3.8) is 0 Å². The second-order valence-electron chi connectivity index (χ2n) is 4.31. The molecule has 2 atom stereocenters. The Kier molecular flexibility index (Phi) is 1.94. The second kappa shape index (κ2) is 3.30. The van der Waals surface area contributed by atoms with Crippen molar-refractivity contribution in [2.24, 2.45) is 5.92 Å². The molecule has 1 aliphatic carbocycles. The fraction of sp³-hybridized carbons (Fsp3) is 0.385. The van der Waals surface area contributed by atoms with Gasteiger partial charge in [0.2, 0.25) is 0 Å². The van der Waals surface area contributed by atoms with Crippen LogP contribution in [0.25, 0.3) is 0 Å². The molecule has 2 aliphatic rings. The predicted molar refractivity (Wildman–Crippen MR) is 58.2 cm³/mol. The molecular formula is C13H14O2. The van der Waals surface area contributed by atoms with Gasteiger partial charge >= 0.3 is 0 Å². The first-order valence-electron chi connectivity index (χ1n) is 5.46. The van der Waals surface area contributed by atoms with Crippen molar-refractivity contribution < 1.29 is 9.84 Å². The first-order chi connectivity index (χ1) is 7.36. The minimum Gasteiger partial charge on any atom is -0.508 e. The van der Waals surface area contributed by atoms with E-state index >= 15 is 0 Å². The zero-order valence-electron chi connectivity index (χ0n) is 8.52. The number of allylic oxidation sites excluding steroid dienone is 2. The molecule has 0 fully saturated rings. The number of phenols is 1. The molecule has 2 unspecified atom stereocenters. The van der Waals surface area contributed by atoms with E-state index in [2.05, 4.69) is 12.2 Å². The topological polar surface area (TPSA) is 29.5 Å². The van der Waals surface area contributed by atoms with Crippen molar-refractivity contribution in [3.05, 3.63) is 35.9 Å². The molecule has 2 nitrogen and oxygen atoms in total. The molecule has 2 heteroatoms. The van der Waals surface area contributed by atoms with Gasteiger partial charge in [0, 0.05) is 17.4 Å². The van der Waals surface area contributed by atoms with E-state index in [9.17, 15) is 5.11 Å². The van der Waals surface area contributed by atoms with Gasteiger partial charge in [0.15, 0.2) is 0 Å². The van der Waals surface area contributed by atoms with Crippen LogP contribution in [0.2, 0.25) is 0 Å². The third-order valence-corrected chi connectivity index (χ3v) is 3.43. The average Bonchev–Trinajstić information content (AvgIpc) is 2.29. The number of rotatable bonds is 0. The molecule has 0 aromatic heterocycles. The molecule has 0 bridgehead atoms. The van der Waals surface area contributed by atoms with E-state index in [0.717, 1.165) is 30.8 Å². The van der Waals surface area contributed by atoms with Gasteiger partial charge in [0.25, 0.3) is 0 Å². The normalized spacial score (nSPS) is 27.7. The highest BCUT2D eigenvalue weighted by molar-refractivity contribution is 5.48. The van der Waals surface area contributed by atoms with Gasteiger partial charge in [-0.1, -0.05) is 18.2 Å². The summed E-state index contributed by atoms with van der Waals surface area (Å²) in [7, 11) is 0. The van der Waals surface area contributed by atoms with Crippen molar-refractivity contribution in [1.29, 1.82) is 0 Å². The maximum Gasteiger partial charge on any atom is 0.126 e. The Bertz CT molecular complexity index is 409. The van der Waals surface area contributed by atoms with E-state index in [1.165, 1.54) is 0 Å². The van der Waals surface area contributed by atoms with E-state index in [-0.39, 0.29) is 0 Å². The number of aromatic hydroxyl groups is 1. The molecule has 0 spiro atoms. The fourth-order valence-corrected chi connectivity index (χ4v) is 2.64. The Labute approximate surface area is 89.2 Å². The summed E-state index contributed by atoms with van der Waals surface area (Å²) in [5.74, 6) is 2.24. The van der Waals surface area contributed by atoms with Gasteiger partial charge in [-0.15, -0.1) is 0 Å². The van der Waals surface area contributed by atoms with Gasteiger partial charge in [0.05, 0.1) is 6.61 Å². The van der Waals surface area contributed by atoms with Crippen LogP contribution in [-0.4, -0.2) is 11.7 Å². The first kappa shape index (κ1) is 8.84. The van der Waals surface area contributed by atoms with Crippen LogP contribution in [0, 0.1) is 5.92 Å². The summed E-state index contributed by atoms with van der Waals surface area (Å²) in [6, 6.07) is 5.54. The van der Waals surface area contributed by atoms with Crippen molar-refractivity contribution in [2.45, 2.75) is 18.8 Å². The van der Waals surface area contributed by atoms with Crippen LogP contribution in [0.4, 0.5) is 0 Å². The van der Waals surface area contributed by atoms with E-state index in [1.807, 2.05) is 12.1 Å². The van der Waals surface area contributed by atoms with E-state index < -0.39 is 0 Å². The number of ether oxygens (including phenoxy) is 1. The summed E-state index contributed by atoms with van der Waals surface area (Å²) in [5.41, 5.74) is 1.01. The molecule has 0 saturated carbocycles. The zero-order chi connectivity index (χ0) is 10.3. The van der Waals surface area contributed by atoms with Crippen LogP contribution in [0.1, 0.15) is 24.3 Å². The lowest BCUT2D eigenvalue weighted by Gasteiger charge is -2.35. The zero-order valence-corrected chi connectivity index (χ0v) is 8.52. The molecule has 1 N–H and O–H groups in total. The summed E-state index contributed by atoms with van der Waals surface area (Å²) >= 11 is 0. The molecule has 3 rings (SSSR count). The van der Waals surface area contributed by atoms with E-state index in [4.69, 9.17) is 4.74 Å². The van der Waals surface area contributed by atoms with Crippen molar-refractivity contribution in [1.82, 2.24) is 0 Å². The second-order valence-corrected chi connectivity index (χ2v) is 4.31. The molecular weight excluding hydrogens is 188 g/mol. The first-order valence-corrected chi connectivity index (χ1v) is 5.46. The molecule has 78 valence electrons. The molecule has 1 aromatic carbocycles. The lowest BCUT2D eigenvalue weighted by Crippen LogP contribution is -2.27. The third kappa shape index (κ3) is 1.32. The number of phenolic OH excluding ortho intramolecular Hbond substituents is 1.